The Morgan fingerprint density at radius 2 is 1.80 bits per heavy atom. The normalized spacial score (nSPS) is 11.6. The highest BCUT2D eigenvalue weighted by Gasteiger charge is 2.22. The fraction of sp³-hybridized carbons (Fsp3) is 0.348. The van der Waals surface area contributed by atoms with Crippen LogP contribution in [0.5, 0.6) is 0 Å². The third-order valence-electron chi connectivity index (χ3n) is 5.84. The van der Waals surface area contributed by atoms with Gasteiger partial charge in [0.2, 0.25) is 5.78 Å². The Morgan fingerprint density at radius 3 is 2.43 bits per heavy atom. The fourth-order valence-electron chi connectivity index (χ4n) is 4.04. The van der Waals surface area contributed by atoms with Crippen molar-refractivity contribution in [3.8, 4) is 5.69 Å². The summed E-state index contributed by atoms with van der Waals surface area (Å²) in [5.41, 5.74) is 4.27. The highest BCUT2D eigenvalue weighted by molar-refractivity contribution is 5.77. The molecule has 7 nitrogen and oxygen atoms in total. The molecule has 3 aromatic heterocycles. The quantitative estimate of drug-likeness (QED) is 0.463. The van der Waals surface area contributed by atoms with E-state index in [-0.39, 0.29) is 12.1 Å². The first-order valence-electron chi connectivity index (χ1n) is 10.3. The summed E-state index contributed by atoms with van der Waals surface area (Å²) in [4.78, 5) is 30.5. The lowest BCUT2D eigenvalue weighted by molar-refractivity contribution is 0.667. The zero-order chi connectivity index (χ0) is 21.6. The lowest BCUT2D eigenvalue weighted by atomic mass is 10.1. The van der Waals surface area contributed by atoms with Crippen molar-refractivity contribution in [3.05, 3.63) is 74.7 Å². The number of allylic oxidation sites excluding steroid dienone is 1. The zero-order valence-electron chi connectivity index (χ0n) is 18.0. The van der Waals surface area contributed by atoms with Crippen molar-refractivity contribution in [2.45, 2.75) is 46.6 Å². The maximum atomic E-state index is 13.2. The van der Waals surface area contributed by atoms with E-state index in [9.17, 15) is 9.59 Å². The molecule has 7 heteroatoms. The molecule has 4 aromatic rings. The van der Waals surface area contributed by atoms with Gasteiger partial charge in [-0.3, -0.25) is 22.9 Å². The highest BCUT2D eigenvalue weighted by atomic mass is 16.2. The smallest absolute Gasteiger partial charge is 0.283 e. The Labute approximate surface area is 174 Å². The zero-order valence-corrected chi connectivity index (χ0v) is 18.0. The molecule has 0 unspecified atom stereocenters. The van der Waals surface area contributed by atoms with E-state index in [1.54, 1.807) is 13.1 Å². The minimum Gasteiger partial charge on any atom is -0.283 e. The predicted molar refractivity (Wildman–Crippen MR) is 120 cm³/mol. The summed E-state index contributed by atoms with van der Waals surface area (Å²) in [6.07, 6.45) is 4.95. The van der Waals surface area contributed by atoms with Crippen LogP contribution in [0.25, 0.3) is 22.6 Å². The molecule has 0 aliphatic heterocycles. The van der Waals surface area contributed by atoms with Gasteiger partial charge in [-0.25, -0.2) is 4.79 Å². The molecule has 30 heavy (non-hydrogen) atoms. The molecule has 0 radical (unpaired) electrons. The summed E-state index contributed by atoms with van der Waals surface area (Å²) < 4.78 is 6.52. The van der Waals surface area contributed by atoms with Crippen molar-refractivity contribution < 1.29 is 0 Å². The standard InChI is InChI=1S/C23H27N5O2/c1-6-8-9-17-10-12-18(13-11-17)27-15(3)16(4)28-19-20(24-22(27)28)25(5)23(30)26(14-7-2)21(19)29/h7,10-13H,2,6,8-9,14H2,1,3-5H3. The van der Waals surface area contributed by atoms with Crippen molar-refractivity contribution in [3.63, 3.8) is 0 Å². The molecular formula is C23H27N5O2. The third-order valence-corrected chi connectivity index (χ3v) is 5.84. The Morgan fingerprint density at radius 1 is 1.10 bits per heavy atom. The lowest BCUT2D eigenvalue weighted by Crippen LogP contribution is -2.39. The molecule has 0 atom stereocenters. The SMILES string of the molecule is C=CCn1c(=O)c2c(nc3n(-c4ccc(CCCC)cc4)c(C)c(C)n23)n(C)c1=O. The van der Waals surface area contributed by atoms with E-state index >= 15 is 0 Å². The van der Waals surface area contributed by atoms with Gasteiger partial charge in [-0.15, -0.1) is 6.58 Å². The number of rotatable bonds is 6. The molecule has 0 fully saturated rings. The fourth-order valence-corrected chi connectivity index (χ4v) is 4.04. The Bertz CT molecular complexity index is 1380. The molecule has 3 heterocycles. The predicted octanol–water partition coefficient (Wildman–Crippen LogP) is 3.28. The maximum Gasteiger partial charge on any atom is 0.332 e. The van der Waals surface area contributed by atoms with Gasteiger partial charge in [0.15, 0.2) is 11.2 Å². The summed E-state index contributed by atoms with van der Waals surface area (Å²) in [7, 11) is 1.64. The molecule has 156 valence electrons. The van der Waals surface area contributed by atoms with Gasteiger partial charge in [0.1, 0.15) is 0 Å². The van der Waals surface area contributed by atoms with Crippen LogP contribution in [0.1, 0.15) is 36.7 Å². The Hall–Kier alpha value is -3.35. The number of hydrogen-bond acceptors (Lipinski definition) is 3. The van der Waals surface area contributed by atoms with Crippen LogP contribution < -0.4 is 11.2 Å². The second-order valence-corrected chi connectivity index (χ2v) is 7.74. The van der Waals surface area contributed by atoms with Crippen LogP contribution in [-0.2, 0) is 20.0 Å². The summed E-state index contributed by atoms with van der Waals surface area (Å²) in [6, 6.07) is 8.47. The maximum absolute atomic E-state index is 13.2. The summed E-state index contributed by atoms with van der Waals surface area (Å²) >= 11 is 0. The van der Waals surface area contributed by atoms with Gasteiger partial charge in [0.25, 0.3) is 5.56 Å². The van der Waals surface area contributed by atoms with Gasteiger partial charge in [-0.1, -0.05) is 31.6 Å². The summed E-state index contributed by atoms with van der Waals surface area (Å²) in [5.74, 6) is 0.629. The van der Waals surface area contributed by atoms with Crippen LogP contribution in [0.4, 0.5) is 0 Å². The molecule has 0 aliphatic carbocycles. The van der Waals surface area contributed by atoms with Crippen molar-refractivity contribution in [2.24, 2.45) is 7.05 Å². The van der Waals surface area contributed by atoms with E-state index in [1.165, 1.54) is 27.5 Å². The molecular weight excluding hydrogens is 378 g/mol. The molecule has 0 saturated carbocycles. The number of aromatic nitrogens is 5. The van der Waals surface area contributed by atoms with Crippen LogP contribution in [0.3, 0.4) is 0 Å². The van der Waals surface area contributed by atoms with E-state index in [0.717, 1.165) is 23.5 Å². The molecule has 0 saturated heterocycles. The van der Waals surface area contributed by atoms with Crippen molar-refractivity contribution in [2.75, 3.05) is 0 Å². The number of unbranched alkanes of at least 4 members (excludes halogenated alkanes) is 1. The Kier molecular flexibility index (Phi) is 4.97. The monoisotopic (exact) mass is 405 g/mol. The van der Waals surface area contributed by atoms with Gasteiger partial charge >= 0.3 is 5.69 Å². The topological polar surface area (TPSA) is 66.2 Å². The van der Waals surface area contributed by atoms with E-state index in [2.05, 4.69) is 37.8 Å². The number of nitrogens with zero attached hydrogens (tertiary/aromatic N) is 5. The van der Waals surface area contributed by atoms with Gasteiger partial charge in [0.05, 0.1) is 0 Å². The number of hydrogen-bond donors (Lipinski definition) is 0. The number of aryl methyl sites for hydroxylation is 3. The number of fused-ring (bicyclic) bond motifs is 3. The van der Waals surface area contributed by atoms with Crippen LogP contribution in [0, 0.1) is 13.8 Å². The molecule has 0 bridgehead atoms. The molecule has 0 N–H and O–H groups in total. The van der Waals surface area contributed by atoms with Gasteiger partial charge < -0.3 is 0 Å². The van der Waals surface area contributed by atoms with Crippen molar-refractivity contribution in [1.82, 2.24) is 23.1 Å². The Balaban J connectivity index is 2.01. The van der Waals surface area contributed by atoms with Crippen molar-refractivity contribution in [1.29, 1.82) is 0 Å². The van der Waals surface area contributed by atoms with E-state index in [4.69, 9.17) is 4.98 Å². The van der Waals surface area contributed by atoms with Gasteiger partial charge in [-0.2, -0.15) is 4.98 Å². The van der Waals surface area contributed by atoms with Crippen LogP contribution >= 0.6 is 0 Å². The number of benzene rings is 1. The first kappa shape index (κ1) is 19.9. The van der Waals surface area contributed by atoms with E-state index < -0.39 is 5.69 Å². The lowest BCUT2D eigenvalue weighted by Gasteiger charge is -2.08. The van der Waals surface area contributed by atoms with Crippen LogP contribution in [0.2, 0.25) is 0 Å². The largest absolute Gasteiger partial charge is 0.332 e. The van der Waals surface area contributed by atoms with Crippen LogP contribution in [0.15, 0.2) is 46.5 Å². The van der Waals surface area contributed by atoms with Crippen molar-refractivity contribution >= 4 is 16.9 Å². The molecule has 0 aliphatic rings. The average molecular weight is 406 g/mol. The summed E-state index contributed by atoms with van der Waals surface area (Å²) in [6.45, 7) is 10.0. The van der Waals surface area contributed by atoms with Gasteiger partial charge in [0, 0.05) is 30.7 Å². The number of imidazole rings is 2. The second-order valence-electron chi connectivity index (χ2n) is 7.74. The minimum absolute atomic E-state index is 0.159. The minimum atomic E-state index is -0.394. The first-order valence-corrected chi connectivity index (χ1v) is 10.3. The van der Waals surface area contributed by atoms with Crippen LogP contribution in [-0.4, -0.2) is 23.1 Å². The molecule has 1 aromatic carbocycles. The van der Waals surface area contributed by atoms with Gasteiger partial charge in [-0.05, 0) is 44.4 Å². The van der Waals surface area contributed by atoms with E-state index in [1.807, 2.05) is 22.8 Å². The molecule has 0 spiro atoms. The molecule has 0 amide bonds. The third kappa shape index (κ3) is 2.84. The second kappa shape index (κ2) is 7.48. The first-order chi connectivity index (χ1) is 14.4. The summed E-state index contributed by atoms with van der Waals surface area (Å²) in [5, 5.41) is 0. The molecule has 4 rings (SSSR count). The average Bonchev–Trinajstić information content (AvgIpc) is 3.24. The van der Waals surface area contributed by atoms with E-state index in [0.29, 0.717) is 16.9 Å². The highest BCUT2D eigenvalue weighted by Crippen LogP contribution is 2.25.